The number of benzene rings is 2. The third kappa shape index (κ3) is 3.66. The summed E-state index contributed by atoms with van der Waals surface area (Å²) in [5.41, 5.74) is 1.80. The lowest BCUT2D eigenvalue weighted by molar-refractivity contribution is 0.174. The molecule has 5 nitrogen and oxygen atoms in total. The van der Waals surface area contributed by atoms with Gasteiger partial charge in [-0.05, 0) is 46.8 Å². The van der Waals surface area contributed by atoms with E-state index in [-0.39, 0.29) is 24.6 Å². The summed E-state index contributed by atoms with van der Waals surface area (Å²) in [7, 11) is 0. The van der Waals surface area contributed by atoms with E-state index >= 15 is 0 Å². The highest BCUT2D eigenvalue weighted by Gasteiger charge is 2.17. The standard InChI is InChI=1S/C21H14F2N2O3S2/c22-14-5-13(6-15(23)8-14)10-30-21-24-16-3-4-29-19(16)20(26)25(21)9-12-1-2-17-18(7-12)28-11-27-17/h1-8H,9-11H2. The van der Waals surface area contributed by atoms with Crippen molar-refractivity contribution in [2.45, 2.75) is 17.5 Å². The molecule has 3 heterocycles. The molecular weight excluding hydrogens is 430 g/mol. The minimum absolute atomic E-state index is 0.152. The molecule has 9 heteroatoms. The highest BCUT2D eigenvalue weighted by molar-refractivity contribution is 7.98. The van der Waals surface area contributed by atoms with Crippen molar-refractivity contribution in [3.05, 3.63) is 81.0 Å². The zero-order chi connectivity index (χ0) is 20.7. The first kappa shape index (κ1) is 19.1. The molecule has 152 valence electrons. The highest BCUT2D eigenvalue weighted by Crippen LogP contribution is 2.33. The quantitative estimate of drug-likeness (QED) is 0.327. The number of ether oxygens (including phenoxy) is 2. The second kappa shape index (κ2) is 7.73. The molecule has 2 aromatic heterocycles. The van der Waals surface area contributed by atoms with E-state index in [9.17, 15) is 13.6 Å². The van der Waals surface area contributed by atoms with Crippen LogP contribution in [-0.2, 0) is 12.3 Å². The van der Waals surface area contributed by atoms with E-state index in [1.54, 1.807) is 10.6 Å². The van der Waals surface area contributed by atoms with Crippen molar-refractivity contribution >= 4 is 33.3 Å². The van der Waals surface area contributed by atoms with Crippen LogP contribution in [0.1, 0.15) is 11.1 Å². The molecular formula is C21H14F2N2O3S2. The number of thioether (sulfide) groups is 1. The third-order valence-corrected chi connectivity index (χ3v) is 6.54. The average molecular weight is 444 g/mol. The first-order chi connectivity index (χ1) is 14.6. The molecule has 30 heavy (non-hydrogen) atoms. The van der Waals surface area contributed by atoms with Crippen molar-refractivity contribution in [2.75, 3.05) is 6.79 Å². The molecule has 0 radical (unpaired) electrons. The summed E-state index contributed by atoms with van der Waals surface area (Å²) in [6, 6.07) is 10.7. The molecule has 0 aliphatic carbocycles. The van der Waals surface area contributed by atoms with Gasteiger partial charge in [-0.1, -0.05) is 17.8 Å². The van der Waals surface area contributed by atoms with Crippen molar-refractivity contribution < 1.29 is 18.3 Å². The summed E-state index contributed by atoms with van der Waals surface area (Å²) >= 11 is 2.60. The second-order valence-electron chi connectivity index (χ2n) is 6.67. The van der Waals surface area contributed by atoms with Gasteiger partial charge in [0.1, 0.15) is 16.3 Å². The molecule has 0 saturated carbocycles. The number of halogens is 2. The van der Waals surface area contributed by atoms with Crippen LogP contribution < -0.4 is 15.0 Å². The monoisotopic (exact) mass is 444 g/mol. The maximum atomic E-state index is 13.5. The minimum atomic E-state index is -0.635. The largest absolute Gasteiger partial charge is 0.454 e. The molecule has 0 bridgehead atoms. The normalized spacial score (nSPS) is 12.6. The molecule has 0 saturated heterocycles. The second-order valence-corrected chi connectivity index (χ2v) is 8.53. The van der Waals surface area contributed by atoms with Crippen LogP contribution in [0.25, 0.3) is 10.2 Å². The van der Waals surface area contributed by atoms with Crippen molar-refractivity contribution in [3.63, 3.8) is 0 Å². The number of thiophene rings is 1. The number of hydrogen-bond acceptors (Lipinski definition) is 6. The number of fused-ring (bicyclic) bond motifs is 2. The van der Waals surface area contributed by atoms with Crippen LogP contribution in [-0.4, -0.2) is 16.3 Å². The van der Waals surface area contributed by atoms with E-state index in [4.69, 9.17) is 9.47 Å². The molecule has 1 aliphatic heterocycles. The van der Waals surface area contributed by atoms with E-state index in [0.717, 1.165) is 11.6 Å². The minimum Gasteiger partial charge on any atom is -0.454 e. The smallest absolute Gasteiger partial charge is 0.272 e. The van der Waals surface area contributed by atoms with Gasteiger partial charge in [0.25, 0.3) is 5.56 Å². The zero-order valence-corrected chi connectivity index (χ0v) is 17.1. The first-order valence-corrected chi connectivity index (χ1v) is 10.9. The fourth-order valence-electron chi connectivity index (χ4n) is 3.24. The predicted molar refractivity (Wildman–Crippen MR) is 111 cm³/mol. The van der Waals surface area contributed by atoms with E-state index < -0.39 is 11.6 Å². The Bertz CT molecular complexity index is 1300. The van der Waals surface area contributed by atoms with Crippen LogP contribution >= 0.6 is 23.1 Å². The lowest BCUT2D eigenvalue weighted by Crippen LogP contribution is -2.23. The Morgan fingerprint density at radius 1 is 1.03 bits per heavy atom. The van der Waals surface area contributed by atoms with Gasteiger partial charge < -0.3 is 9.47 Å². The van der Waals surface area contributed by atoms with Crippen molar-refractivity contribution in [2.24, 2.45) is 0 Å². The fraction of sp³-hybridized carbons (Fsp3) is 0.143. The molecule has 2 aromatic carbocycles. The SMILES string of the molecule is O=c1c2sccc2nc(SCc2cc(F)cc(F)c2)n1Cc1ccc2c(c1)OCO2. The predicted octanol–water partition coefficient (Wildman–Crippen LogP) is 4.81. The number of aromatic nitrogens is 2. The average Bonchev–Trinajstić information content (AvgIpc) is 3.37. The molecule has 0 unspecified atom stereocenters. The Morgan fingerprint density at radius 3 is 2.67 bits per heavy atom. The van der Waals surface area contributed by atoms with E-state index in [1.165, 1.54) is 35.2 Å². The molecule has 0 amide bonds. The lowest BCUT2D eigenvalue weighted by Gasteiger charge is -2.13. The lowest BCUT2D eigenvalue weighted by atomic mass is 10.2. The summed E-state index contributed by atoms with van der Waals surface area (Å²) in [6.07, 6.45) is 0. The Balaban J connectivity index is 1.51. The van der Waals surface area contributed by atoms with Gasteiger partial charge in [0.2, 0.25) is 6.79 Å². The van der Waals surface area contributed by atoms with Crippen molar-refractivity contribution in [1.82, 2.24) is 9.55 Å². The summed E-state index contributed by atoms with van der Waals surface area (Å²) in [5, 5.41) is 2.30. The van der Waals surface area contributed by atoms with Crippen LogP contribution in [0, 0.1) is 11.6 Å². The first-order valence-electron chi connectivity index (χ1n) is 9.01. The molecule has 5 rings (SSSR count). The highest BCUT2D eigenvalue weighted by atomic mass is 32.2. The van der Waals surface area contributed by atoms with Gasteiger partial charge in [0, 0.05) is 11.8 Å². The number of nitrogens with zero attached hydrogens (tertiary/aromatic N) is 2. The molecule has 0 atom stereocenters. The molecule has 0 spiro atoms. The Morgan fingerprint density at radius 2 is 1.83 bits per heavy atom. The third-order valence-electron chi connectivity index (χ3n) is 4.60. The van der Waals surface area contributed by atoms with Crippen LogP contribution in [0.2, 0.25) is 0 Å². The van der Waals surface area contributed by atoms with Crippen LogP contribution in [0.4, 0.5) is 8.78 Å². The van der Waals surface area contributed by atoms with Gasteiger partial charge in [0.05, 0.1) is 12.1 Å². The van der Waals surface area contributed by atoms with E-state index in [0.29, 0.717) is 32.4 Å². The van der Waals surface area contributed by atoms with Crippen molar-refractivity contribution in [1.29, 1.82) is 0 Å². The summed E-state index contributed by atoms with van der Waals surface area (Å²) in [5.74, 6) is 0.308. The summed E-state index contributed by atoms with van der Waals surface area (Å²) in [6.45, 7) is 0.461. The number of rotatable bonds is 5. The van der Waals surface area contributed by atoms with Crippen LogP contribution in [0.3, 0.4) is 0 Å². The number of hydrogen-bond donors (Lipinski definition) is 0. The molecule has 1 aliphatic rings. The van der Waals surface area contributed by atoms with Gasteiger partial charge >= 0.3 is 0 Å². The van der Waals surface area contributed by atoms with Gasteiger partial charge in [-0.15, -0.1) is 11.3 Å². The Labute approximate surface area is 177 Å². The van der Waals surface area contributed by atoms with E-state index in [2.05, 4.69) is 4.98 Å². The van der Waals surface area contributed by atoms with Gasteiger partial charge in [-0.3, -0.25) is 9.36 Å². The molecule has 0 fully saturated rings. The molecule has 0 N–H and O–H groups in total. The van der Waals surface area contributed by atoms with Crippen molar-refractivity contribution in [3.8, 4) is 11.5 Å². The maximum Gasteiger partial charge on any atom is 0.272 e. The summed E-state index contributed by atoms with van der Waals surface area (Å²) in [4.78, 5) is 17.7. The summed E-state index contributed by atoms with van der Waals surface area (Å²) < 4.78 is 39.9. The van der Waals surface area contributed by atoms with Gasteiger partial charge in [-0.2, -0.15) is 0 Å². The fourth-order valence-corrected chi connectivity index (χ4v) is 4.94. The van der Waals surface area contributed by atoms with E-state index in [1.807, 2.05) is 23.6 Å². The molecule has 4 aromatic rings. The Kier molecular flexibility index (Phi) is 4.92. The maximum absolute atomic E-state index is 13.5. The van der Waals surface area contributed by atoms with Crippen LogP contribution in [0.15, 0.2) is 57.8 Å². The van der Waals surface area contributed by atoms with Crippen LogP contribution in [0.5, 0.6) is 11.5 Å². The van der Waals surface area contributed by atoms with Gasteiger partial charge in [-0.25, -0.2) is 13.8 Å². The van der Waals surface area contributed by atoms with Gasteiger partial charge in [0.15, 0.2) is 16.7 Å². The Hall–Kier alpha value is -2.91. The topological polar surface area (TPSA) is 53.4 Å². The zero-order valence-electron chi connectivity index (χ0n) is 15.4.